The van der Waals surface area contributed by atoms with Gasteiger partial charge in [-0.2, -0.15) is 0 Å². The van der Waals surface area contributed by atoms with Gasteiger partial charge in [-0.1, -0.05) is 42.0 Å². The van der Waals surface area contributed by atoms with Crippen LogP contribution in [0.5, 0.6) is 17.2 Å². The van der Waals surface area contributed by atoms with E-state index in [2.05, 4.69) is 19.1 Å². The van der Waals surface area contributed by atoms with Crippen LogP contribution in [0.1, 0.15) is 11.1 Å². The third-order valence-electron chi connectivity index (χ3n) is 4.55. The van der Waals surface area contributed by atoms with Gasteiger partial charge in [0.15, 0.2) is 5.69 Å². The largest absolute Gasteiger partial charge is 0.878 e. The highest BCUT2D eigenvalue weighted by atomic mass is 16.8. The lowest BCUT2D eigenvalue weighted by Crippen LogP contribution is -2.62. The molecule has 3 aromatic carbocycles. The van der Waals surface area contributed by atoms with Gasteiger partial charge in [-0.05, 0) is 31.2 Å². The minimum atomic E-state index is -2.19. The Hall–Kier alpha value is -3.21. The molecule has 122 valence electrons. The number of para-hydroxylation sites is 3. The first-order valence-electron chi connectivity index (χ1n) is 8.32. The molecule has 0 unspecified atom stereocenters. The normalized spacial score (nSPS) is 16.1. The quantitative estimate of drug-likeness (QED) is 0.631. The van der Waals surface area contributed by atoms with Gasteiger partial charge in [0.05, 0.1) is 11.3 Å². The predicted molar refractivity (Wildman–Crippen MR) is 96.8 cm³/mol. The summed E-state index contributed by atoms with van der Waals surface area (Å²) in [5.41, 5.74) is 3.13. The van der Waals surface area contributed by atoms with Gasteiger partial charge >= 0.3 is 6.89 Å². The molecule has 0 saturated carbocycles. The van der Waals surface area contributed by atoms with Crippen molar-refractivity contribution in [1.82, 2.24) is 0 Å². The maximum absolute atomic E-state index is 6.27. The van der Waals surface area contributed by atoms with Crippen molar-refractivity contribution in [3.63, 3.8) is 0 Å². The van der Waals surface area contributed by atoms with Crippen LogP contribution in [0.2, 0.25) is 0 Å². The molecule has 0 radical (unpaired) electrons. The Kier molecular flexibility index (Phi) is 2.92. The van der Waals surface area contributed by atoms with E-state index in [1.807, 2.05) is 71.4 Å². The number of nitrogens with zero attached hydrogens (tertiary/aromatic N) is 1. The Morgan fingerprint density at radius 2 is 1.24 bits per heavy atom. The van der Waals surface area contributed by atoms with Gasteiger partial charge in [0, 0.05) is 12.1 Å². The number of rotatable bonds is 1. The van der Waals surface area contributed by atoms with Gasteiger partial charge in [-0.15, -0.1) is 0 Å². The predicted octanol–water partition coefficient (Wildman–Crippen LogP) is 4.06. The maximum atomic E-state index is 6.27. The van der Waals surface area contributed by atoms with E-state index < -0.39 is 6.89 Å². The molecule has 0 N–H and O–H groups in total. The second-order valence-corrected chi connectivity index (χ2v) is 6.31. The van der Waals surface area contributed by atoms with E-state index in [0.29, 0.717) is 11.5 Å². The van der Waals surface area contributed by atoms with Crippen molar-refractivity contribution in [1.29, 1.82) is 0 Å². The first kappa shape index (κ1) is 14.2. The van der Waals surface area contributed by atoms with Gasteiger partial charge < -0.3 is 14.0 Å². The molecule has 2 aliphatic rings. The van der Waals surface area contributed by atoms with E-state index in [0.717, 1.165) is 17.0 Å². The van der Waals surface area contributed by atoms with Crippen molar-refractivity contribution in [2.45, 2.75) is 6.92 Å². The fourth-order valence-corrected chi connectivity index (χ4v) is 3.28. The zero-order valence-corrected chi connectivity index (χ0v) is 13.8. The maximum Gasteiger partial charge on any atom is 0.878 e. The summed E-state index contributed by atoms with van der Waals surface area (Å²) in [4.78, 5) is 0. The summed E-state index contributed by atoms with van der Waals surface area (Å²) in [6, 6.07) is 23.7. The van der Waals surface area contributed by atoms with Crippen LogP contribution >= 0.6 is 0 Å². The Balaban J connectivity index is 1.69. The van der Waals surface area contributed by atoms with Gasteiger partial charge in [0.25, 0.3) is 0 Å². The van der Waals surface area contributed by atoms with Gasteiger partial charge in [-0.3, -0.25) is 4.49 Å². The molecule has 3 aromatic rings. The van der Waals surface area contributed by atoms with Crippen molar-refractivity contribution < 1.29 is 18.4 Å². The molecule has 0 fully saturated rings. The molecule has 4 nitrogen and oxygen atoms in total. The van der Waals surface area contributed by atoms with E-state index in [-0.39, 0.29) is 0 Å². The lowest BCUT2D eigenvalue weighted by molar-refractivity contribution is -0.350. The lowest BCUT2D eigenvalue weighted by atomic mass is 9.90. The molecule has 0 aliphatic carbocycles. The second-order valence-electron chi connectivity index (χ2n) is 6.31. The highest BCUT2D eigenvalue weighted by Gasteiger charge is 2.60. The second kappa shape index (κ2) is 5.15. The van der Waals surface area contributed by atoms with E-state index in [9.17, 15) is 0 Å². The molecule has 0 amide bonds. The Labute approximate surface area is 145 Å². The monoisotopic (exact) mass is 329 g/mol. The SMILES string of the molecule is Cc1ccc([N+]2=Cc3ccccc3O[B-]23Oc2ccccc2O3)cc1. The zero-order chi connectivity index (χ0) is 16.9. The topological polar surface area (TPSA) is 30.7 Å². The van der Waals surface area contributed by atoms with Crippen LogP contribution in [0.4, 0.5) is 5.69 Å². The molecular formula is C20H16BNO3. The standard InChI is InChI=1S/C20H16BNO3/c1-15-10-12-17(13-11-15)22-14-16-6-2-3-7-18(16)23-21(22)24-19-8-4-5-9-20(19)25-21/h2-14H,1H3. The summed E-state index contributed by atoms with van der Waals surface area (Å²) in [7, 11) is 0. The van der Waals surface area contributed by atoms with Crippen LogP contribution in [-0.4, -0.2) is 17.6 Å². The van der Waals surface area contributed by atoms with Crippen LogP contribution in [-0.2, 0) is 0 Å². The van der Waals surface area contributed by atoms with Crippen molar-refractivity contribution >= 4 is 18.8 Å². The number of aryl methyl sites for hydroxylation is 1. The van der Waals surface area contributed by atoms with Gasteiger partial charge in [0.1, 0.15) is 17.7 Å². The van der Waals surface area contributed by atoms with Crippen molar-refractivity contribution in [2.75, 3.05) is 0 Å². The first-order chi connectivity index (χ1) is 12.2. The summed E-state index contributed by atoms with van der Waals surface area (Å²) in [6.45, 7) is -0.129. The number of hydrogen-bond acceptors (Lipinski definition) is 3. The Morgan fingerprint density at radius 3 is 1.92 bits per heavy atom. The molecule has 2 heterocycles. The van der Waals surface area contributed by atoms with Crippen molar-refractivity contribution in [3.8, 4) is 17.2 Å². The summed E-state index contributed by atoms with van der Waals surface area (Å²) >= 11 is 0. The van der Waals surface area contributed by atoms with Gasteiger partial charge in [0.2, 0.25) is 0 Å². The van der Waals surface area contributed by atoms with Gasteiger partial charge in [-0.25, -0.2) is 0 Å². The molecule has 2 aliphatic heterocycles. The molecule has 0 aromatic heterocycles. The molecule has 0 saturated heterocycles. The van der Waals surface area contributed by atoms with E-state index in [4.69, 9.17) is 14.0 Å². The average molecular weight is 329 g/mol. The minimum Gasteiger partial charge on any atom is -0.582 e. The van der Waals surface area contributed by atoms with Crippen LogP contribution in [0, 0.1) is 6.92 Å². The molecular weight excluding hydrogens is 313 g/mol. The molecule has 5 rings (SSSR count). The number of benzene rings is 3. The van der Waals surface area contributed by atoms with Crippen molar-refractivity contribution in [3.05, 3.63) is 83.9 Å². The average Bonchev–Trinajstić information content (AvgIpc) is 3.00. The summed E-state index contributed by atoms with van der Waals surface area (Å²) < 4.78 is 20.6. The van der Waals surface area contributed by atoms with E-state index >= 15 is 0 Å². The van der Waals surface area contributed by atoms with Crippen LogP contribution < -0.4 is 14.0 Å². The van der Waals surface area contributed by atoms with E-state index in [1.165, 1.54) is 5.56 Å². The Morgan fingerprint density at radius 1 is 0.680 bits per heavy atom. The van der Waals surface area contributed by atoms with Crippen molar-refractivity contribution in [2.24, 2.45) is 0 Å². The van der Waals surface area contributed by atoms with Crippen LogP contribution in [0.25, 0.3) is 0 Å². The zero-order valence-electron chi connectivity index (χ0n) is 13.8. The first-order valence-corrected chi connectivity index (χ1v) is 8.32. The molecule has 25 heavy (non-hydrogen) atoms. The highest BCUT2D eigenvalue weighted by Crippen LogP contribution is 2.41. The highest BCUT2D eigenvalue weighted by molar-refractivity contribution is 6.57. The number of hydrogen-bond donors (Lipinski definition) is 0. The lowest BCUT2D eigenvalue weighted by Gasteiger charge is -2.34. The fourth-order valence-electron chi connectivity index (χ4n) is 3.28. The smallest absolute Gasteiger partial charge is 0.582 e. The third kappa shape index (κ3) is 2.20. The summed E-state index contributed by atoms with van der Waals surface area (Å²) in [5, 5.41) is 0. The summed E-state index contributed by atoms with van der Waals surface area (Å²) in [5.74, 6) is 2.12. The minimum absolute atomic E-state index is 0.687. The summed E-state index contributed by atoms with van der Waals surface area (Å²) in [6.07, 6.45) is 2.02. The molecule has 1 spiro atoms. The fraction of sp³-hybridized carbons (Fsp3) is 0.0500. The Bertz CT molecular complexity index is 973. The van der Waals surface area contributed by atoms with Crippen LogP contribution in [0.15, 0.2) is 72.8 Å². The number of fused-ring (bicyclic) bond motifs is 2. The molecule has 0 atom stereocenters. The third-order valence-corrected chi connectivity index (χ3v) is 4.55. The molecule has 0 bridgehead atoms. The van der Waals surface area contributed by atoms with E-state index in [1.54, 1.807) is 0 Å². The van der Waals surface area contributed by atoms with Crippen LogP contribution in [0.3, 0.4) is 0 Å². The molecule has 5 heteroatoms.